The lowest BCUT2D eigenvalue weighted by Crippen LogP contribution is -2.50. The van der Waals surface area contributed by atoms with E-state index in [1.807, 2.05) is 0 Å². The van der Waals surface area contributed by atoms with E-state index in [1.54, 1.807) is 6.08 Å². The highest BCUT2D eigenvalue weighted by atomic mass is 32.1. The summed E-state index contributed by atoms with van der Waals surface area (Å²) in [6, 6.07) is 0. The topological polar surface area (TPSA) is 87.1 Å². The third kappa shape index (κ3) is 2.03. The minimum atomic E-state index is -1.50. The van der Waals surface area contributed by atoms with Gasteiger partial charge >= 0.3 is 6.16 Å². The first kappa shape index (κ1) is 12.7. The van der Waals surface area contributed by atoms with Gasteiger partial charge in [0.25, 0.3) is 11.8 Å². The smallest absolute Gasteiger partial charge is 0.450 e. The fourth-order valence-electron chi connectivity index (χ4n) is 2.04. The summed E-state index contributed by atoms with van der Waals surface area (Å²) in [4.78, 5) is 34.6. The highest BCUT2D eigenvalue weighted by Crippen LogP contribution is 2.28. The maximum atomic E-state index is 12.1. The fraction of sp³-hybridized carbons (Fsp3) is 0.500. The van der Waals surface area contributed by atoms with E-state index in [4.69, 9.17) is 5.11 Å². The van der Waals surface area contributed by atoms with Gasteiger partial charge < -0.3 is 9.84 Å². The van der Waals surface area contributed by atoms with Crippen molar-refractivity contribution in [2.45, 2.75) is 12.6 Å². The molecule has 7 nitrogen and oxygen atoms in total. The Hall–Kier alpha value is -1.70. The number of carbonyl (C=O) groups excluding carboxylic acids is 2. The molecule has 0 aromatic heterocycles. The first-order chi connectivity index (χ1) is 8.56. The van der Waals surface area contributed by atoms with Crippen LogP contribution >= 0.6 is 12.6 Å². The van der Waals surface area contributed by atoms with E-state index in [1.165, 1.54) is 11.1 Å². The Kier molecular flexibility index (Phi) is 3.46. The van der Waals surface area contributed by atoms with Gasteiger partial charge in [-0.15, -0.1) is 0 Å². The fourth-order valence-corrected chi connectivity index (χ4v) is 2.30. The average molecular weight is 272 g/mol. The van der Waals surface area contributed by atoms with Crippen LogP contribution in [-0.2, 0) is 14.3 Å². The lowest BCUT2D eigenvalue weighted by atomic mass is 10.1. The molecule has 2 aliphatic rings. The van der Waals surface area contributed by atoms with Crippen LogP contribution in [0.4, 0.5) is 4.79 Å². The summed E-state index contributed by atoms with van der Waals surface area (Å²) >= 11 is 4.01. The summed E-state index contributed by atoms with van der Waals surface area (Å²) < 4.78 is 4.57. The summed E-state index contributed by atoms with van der Waals surface area (Å²) in [7, 11) is 0. The number of hydrazine groups is 1. The van der Waals surface area contributed by atoms with Crippen LogP contribution in [0.2, 0.25) is 0 Å². The molecule has 2 heterocycles. The zero-order valence-electron chi connectivity index (χ0n) is 9.35. The monoisotopic (exact) mass is 272 g/mol. The Balaban J connectivity index is 2.23. The largest absolute Gasteiger partial charge is 0.508 e. The third-order valence-corrected chi connectivity index (χ3v) is 3.05. The zero-order chi connectivity index (χ0) is 13.3. The lowest BCUT2D eigenvalue weighted by Gasteiger charge is -2.34. The van der Waals surface area contributed by atoms with Gasteiger partial charge in [0.2, 0.25) is 6.23 Å². The standard InChI is InChI=1S/C10H12N2O5S/c13-8-6(3-5-18)9(14)12-7(17-10(15)16)2-1-4-11(8)12/h1-2,6-7,18H,3-5H2,(H,15,16). The minimum Gasteiger partial charge on any atom is -0.450 e. The van der Waals surface area contributed by atoms with E-state index in [2.05, 4.69) is 17.4 Å². The molecule has 98 valence electrons. The number of amides is 2. The summed E-state index contributed by atoms with van der Waals surface area (Å²) in [5, 5.41) is 10.9. The van der Waals surface area contributed by atoms with Crippen LogP contribution < -0.4 is 0 Å². The number of hydrogen-bond donors (Lipinski definition) is 2. The summed E-state index contributed by atoms with van der Waals surface area (Å²) in [6.45, 7) is 0.243. The molecule has 8 heteroatoms. The van der Waals surface area contributed by atoms with Gasteiger partial charge in [-0.05, 0) is 18.2 Å². The van der Waals surface area contributed by atoms with Crippen LogP contribution in [0.5, 0.6) is 0 Å². The van der Waals surface area contributed by atoms with Crippen LogP contribution in [0.25, 0.3) is 0 Å². The molecule has 1 N–H and O–H groups in total. The molecule has 1 fully saturated rings. The molecular weight excluding hydrogens is 260 g/mol. The van der Waals surface area contributed by atoms with E-state index >= 15 is 0 Å². The normalized spacial score (nSPS) is 26.5. The number of hydrogen-bond acceptors (Lipinski definition) is 5. The molecule has 2 atom stereocenters. The van der Waals surface area contributed by atoms with Gasteiger partial charge in [-0.2, -0.15) is 12.6 Å². The van der Waals surface area contributed by atoms with Crippen molar-refractivity contribution in [3.63, 3.8) is 0 Å². The highest BCUT2D eigenvalue weighted by Gasteiger charge is 2.49. The Morgan fingerprint density at radius 2 is 2.22 bits per heavy atom. The van der Waals surface area contributed by atoms with Gasteiger partial charge in [0.15, 0.2) is 0 Å². The van der Waals surface area contributed by atoms with Crippen LogP contribution in [0, 0.1) is 5.92 Å². The van der Waals surface area contributed by atoms with E-state index in [9.17, 15) is 14.4 Å². The predicted octanol–water partition coefficient (Wildman–Crippen LogP) is 0.0988. The van der Waals surface area contributed by atoms with Gasteiger partial charge in [0.1, 0.15) is 5.92 Å². The quantitative estimate of drug-likeness (QED) is 0.329. The maximum absolute atomic E-state index is 12.1. The van der Waals surface area contributed by atoms with Crippen LogP contribution in [0.3, 0.4) is 0 Å². The molecule has 2 unspecified atom stereocenters. The van der Waals surface area contributed by atoms with Crippen LogP contribution in [0.1, 0.15) is 6.42 Å². The SMILES string of the molecule is O=C(O)OC1C=CCN2C(=O)C(CCS)C(=O)N12. The third-order valence-electron chi connectivity index (χ3n) is 2.80. The van der Waals surface area contributed by atoms with Crippen molar-refractivity contribution in [2.75, 3.05) is 12.3 Å². The first-order valence-corrected chi connectivity index (χ1v) is 6.01. The molecule has 0 radical (unpaired) electrons. The van der Waals surface area contributed by atoms with Crippen LogP contribution in [-0.4, -0.2) is 51.6 Å². The number of thiol groups is 1. The lowest BCUT2D eigenvalue weighted by molar-refractivity contribution is -0.165. The van der Waals surface area contributed by atoms with Crippen molar-refractivity contribution in [3.05, 3.63) is 12.2 Å². The molecule has 2 aliphatic heterocycles. The van der Waals surface area contributed by atoms with Crippen molar-refractivity contribution >= 4 is 30.6 Å². The number of carbonyl (C=O) groups is 3. The van der Waals surface area contributed by atoms with Crippen molar-refractivity contribution in [1.82, 2.24) is 10.0 Å². The first-order valence-electron chi connectivity index (χ1n) is 5.37. The predicted molar refractivity (Wildman–Crippen MR) is 62.6 cm³/mol. The summed E-state index contributed by atoms with van der Waals surface area (Å²) in [6.07, 6.45) is 0.798. The van der Waals surface area contributed by atoms with Gasteiger partial charge in [-0.1, -0.05) is 6.08 Å². The van der Waals surface area contributed by atoms with E-state index in [-0.39, 0.29) is 12.5 Å². The van der Waals surface area contributed by atoms with Crippen molar-refractivity contribution in [3.8, 4) is 0 Å². The van der Waals surface area contributed by atoms with Gasteiger partial charge in [0.05, 0.1) is 6.54 Å². The average Bonchev–Trinajstić information content (AvgIpc) is 2.55. The number of ether oxygens (including phenoxy) is 1. The molecule has 0 aromatic rings. The molecular formula is C10H12N2O5S. The van der Waals surface area contributed by atoms with Crippen LogP contribution in [0.15, 0.2) is 12.2 Å². The number of fused-ring (bicyclic) bond motifs is 1. The molecule has 0 bridgehead atoms. The molecule has 18 heavy (non-hydrogen) atoms. The van der Waals surface area contributed by atoms with E-state index in [0.717, 1.165) is 5.01 Å². The molecule has 0 aromatic carbocycles. The van der Waals surface area contributed by atoms with Gasteiger partial charge in [0, 0.05) is 0 Å². The van der Waals surface area contributed by atoms with Crippen molar-refractivity contribution in [2.24, 2.45) is 5.92 Å². The number of carboxylic acid groups (broad SMARTS) is 1. The molecule has 0 saturated carbocycles. The Bertz CT molecular complexity index is 424. The molecule has 1 saturated heterocycles. The van der Waals surface area contributed by atoms with E-state index in [0.29, 0.717) is 12.2 Å². The van der Waals surface area contributed by atoms with Gasteiger partial charge in [-0.25, -0.2) is 14.8 Å². The Morgan fingerprint density at radius 3 is 2.83 bits per heavy atom. The molecule has 0 spiro atoms. The minimum absolute atomic E-state index is 0.243. The second-order valence-corrected chi connectivity index (χ2v) is 4.32. The second kappa shape index (κ2) is 4.89. The number of nitrogens with zero attached hydrogens (tertiary/aromatic N) is 2. The summed E-state index contributed by atoms with van der Waals surface area (Å²) in [5.41, 5.74) is 0. The van der Waals surface area contributed by atoms with Crippen molar-refractivity contribution in [1.29, 1.82) is 0 Å². The van der Waals surface area contributed by atoms with Crippen molar-refractivity contribution < 1.29 is 24.2 Å². The maximum Gasteiger partial charge on any atom is 0.508 e. The molecule has 2 amide bonds. The van der Waals surface area contributed by atoms with E-state index < -0.39 is 24.2 Å². The molecule has 0 aliphatic carbocycles. The summed E-state index contributed by atoms with van der Waals surface area (Å²) in [5.74, 6) is -1.16. The Morgan fingerprint density at radius 1 is 1.50 bits per heavy atom. The highest BCUT2D eigenvalue weighted by molar-refractivity contribution is 7.80. The number of rotatable bonds is 3. The Labute approximate surface area is 108 Å². The van der Waals surface area contributed by atoms with Gasteiger partial charge in [-0.3, -0.25) is 9.59 Å². The zero-order valence-corrected chi connectivity index (χ0v) is 10.2. The molecule has 2 rings (SSSR count). The second-order valence-electron chi connectivity index (χ2n) is 3.87.